The molecular weight excluding hydrogens is 230 g/mol. The molecule has 1 aliphatic heterocycles. The topological polar surface area (TPSA) is 76.7 Å². The van der Waals surface area contributed by atoms with Crippen LogP contribution in [0.25, 0.3) is 11.6 Å². The van der Waals surface area contributed by atoms with Crippen LogP contribution in [0, 0.1) is 0 Å². The van der Waals surface area contributed by atoms with Crippen molar-refractivity contribution in [3.8, 4) is 11.6 Å². The summed E-state index contributed by atoms with van der Waals surface area (Å²) in [5, 5.41) is 7.44. The fourth-order valence-corrected chi connectivity index (χ4v) is 2.37. The van der Waals surface area contributed by atoms with Crippen molar-refractivity contribution < 1.29 is 4.52 Å². The van der Waals surface area contributed by atoms with Crippen LogP contribution in [-0.4, -0.2) is 26.7 Å². The highest BCUT2D eigenvalue weighted by atomic mass is 16.5. The molecule has 0 aromatic carbocycles. The lowest BCUT2D eigenvalue weighted by Gasteiger charge is -2.22. The lowest BCUT2D eigenvalue weighted by Crippen LogP contribution is -2.36. The molecule has 2 aromatic rings. The highest BCUT2D eigenvalue weighted by molar-refractivity contribution is 5.40. The van der Waals surface area contributed by atoms with Gasteiger partial charge >= 0.3 is 0 Å². The molecule has 0 bridgehead atoms. The summed E-state index contributed by atoms with van der Waals surface area (Å²) in [6, 6.07) is 1.76. The fourth-order valence-electron chi connectivity index (χ4n) is 2.37. The zero-order chi connectivity index (χ0) is 12.4. The molecule has 1 unspecified atom stereocenters. The second kappa shape index (κ2) is 4.45. The van der Waals surface area contributed by atoms with Crippen LogP contribution < -0.4 is 5.32 Å². The van der Waals surface area contributed by atoms with Gasteiger partial charge < -0.3 is 9.84 Å². The van der Waals surface area contributed by atoms with Gasteiger partial charge in [-0.25, -0.2) is 9.97 Å². The van der Waals surface area contributed by atoms with Crippen LogP contribution in [0.5, 0.6) is 0 Å². The summed E-state index contributed by atoms with van der Waals surface area (Å²) in [4.78, 5) is 12.7. The zero-order valence-electron chi connectivity index (χ0n) is 10.3. The molecule has 6 heteroatoms. The Labute approximate surface area is 105 Å². The molecule has 6 nitrogen and oxygen atoms in total. The van der Waals surface area contributed by atoms with Gasteiger partial charge in [-0.2, -0.15) is 4.98 Å². The maximum absolute atomic E-state index is 5.39. The van der Waals surface area contributed by atoms with Gasteiger partial charge in [0.05, 0.1) is 5.54 Å². The second-order valence-corrected chi connectivity index (χ2v) is 4.46. The molecule has 1 fully saturated rings. The van der Waals surface area contributed by atoms with Crippen molar-refractivity contribution in [2.45, 2.75) is 31.7 Å². The average molecular weight is 245 g/mol. The first-order chi connectivity index (χ1) is 8.84. The molecule has 1 aliphatic rings. The fraction of sp³-hybridized carbons (Fsp3) is 0.500. The minimum atomic E-state index is -0.167. The molecule has 0 saturated carbocycles. The molecule has 1 N–H and O–H groups in total. The van der Waals surface area contributed by atoms with E-state index in [4.69, 9.17) is 4.52 Å². The van der Waals surface area contributed by atoms with Crippen LogP contribution in [0.3, 0.4) is 0 Å². The minimum absolute atomic E-state index is 0.167. The van der Waals surface area contributed by atoms with Crippen LogP contribution in [0.1, 0.15) is 32.1 Å². The minimum Gasteiger partial charge on any atom is -0.337 e. The van der Waals surface area contributed by atoms with E-state index in [1.54, 1.807) is 18.5 Å². The predicted octanol–water partition coefficient (Wildman–Crippen LogP) is 1.52. The third-order valence-corrected chi connectivity index (χ3v) is 3.45. The van der Waals surface area contributed by atoms with E-state index in [0.717, 1.165) is 25.8 Å². The third kappa shape index (κ3) is 1.78. The van der Waals surface area contributed by atoms with Gasteiger partial charge in [-0.15, -0.1) is 0 Å². The Morgan fingerprint density at radius 3 is 2.83 bits per heavy atom. The van der Waals surface area contributed by atoms with Crippen molar-refractivity contribution in [2.24, 2.45) is 0 Å². The van der Waals surface area contributed by atoms with Gasteiger partial charge in [-0.05, 0) is 31.9 Å². The Balaban J connectivity index is 1.94. The third-order valence-electron chi connectivity index (χ3n) is 3.45. The normalized spacial score (nSPS) is 23.4. The van der Waals surface area contributed by atoms with Gasteiger partial charge in [-0.3, -0.25) is 0 Å². The van der Waals surface area contributed by atoms with E-state index in [1.807, 2.05) is 0 Å². The van der Waals surface area contributed by atoms with E-state index >= 15 is 0 Å². The summed E-state index contributed by atoms with van der Waals surface area (Å²) in [5.41, 5.74) is -0.167. The van der Waals surface area contributed by atoms with Crippen molar-refractivity contribution in [1.82, 2.24) is 25.4 Å². The van der Waals surface area contributed by atoms with Crippen LogP contribution in [0.2, 0.25) is 0 Å². The first-order valence-corrected chi connectivity index (χ1v) is 6.21. The molecule has 0 spiro atoms. The van der Waals surface area contributed by atoms with Gasteiger partial charge in [0.25, 0.3) is 0 Å². The molecule has 3 rings (SSSR count). The monoisotopic (exact) mass is 245 g/mol. The Hall–Kier alpha value is -1.82. The molecule has 0 radical (unpaired) electrons. The molecule has 1 atom stereocenters. The summed E-state index contributed by atoms with van der Waals surface area (Å²) in [6.07, 6.45) is 6.43. The number of hydrogen-bond acceptors (Lipinski definition) is 6. The van der Waals surface area contributed by atoms with Crippen molar-refractivity contribution >= 4 is 0 Å². The average Bonchev–Trinajstić information content (AvgIpc) is 3.09. The Kier molecular flexibility index (Phi) is 2.79. The number of nitrogens with zero attached hydrogens (tertiary/aromatic N) is 4. The number of rotatable bonds is 3. The Bertz CT molecular complexity index is 518. The molecule has 0 amide bonds. The van der Waals surface area contributed by atoms with Crippen molar-refractivity contribution in [3.63, 3.8) is 0 Å². The van der Waals surface area contributed by atoms with E-state index in [2.05, 4.69) is 32.3 Å². The first kappa shape index (κ1) is 11.3. The summed E-state index contributed by atoms with van der Waals surface area (Å²) in [5.74, 6) is 1.59. The van der Waals surface area contributed by atoms with E-state index in [9.17, 15) is 0 Å². The summed E-state index contributed by atoms with van der Waals surface area (Å²) in [6.45, 7) is 3.12. The zero-order valence-corrected chi connectivity index (χ0v) is 10.3. The predicted molar refractivity (Wildman–Crippen MR) is 64.5 cm³/mol. The SMILES string of the molecule is CCC1(c2nc(-c3ncccn3)no2)CCCN1. The first-order valence-electron chi connectivity index (χ1n) is 6.21. The number of nitrogens with one attached hydrogen (secondary N) is 1. The highest BCUT2D eigenvalue weighted by Crippen LogP contribution is 2.33. The Morgan fingerprint density at radius 2 is 2.17 bits per heavy atom. The van der Waals surface area contributed by atoms with Crippen LogP contribution in [0.15, 0.2) is 23.0 Å². The highest BCUT2D eigenvalue weighted by Gasteiger charge is 2.39. The van der Waals surface area contributed by atoms with E-state index in [-0.39, 0.29) is 5.54 Å². The van der Waals surface area contributed by atoms with Gasteiger partial charge in [0.1, 0.15) is 0 Å². The molecule has 3 heterocycles. The molecule has 0 aliphatic carbocycles. The summed E-state index contributed by atoms with van der Waals surface area (Å²) < 4.78 is 5.39. The largest absolute Gasteiger partial charge is 0.337 e. The quantitative estimate of drug-likeness (QED) is 0.883. The van der Waals surface area contributed by atoms with Gasteiger partial charge in [-0.1, -0.05) is 12.1 Å². The molecule has 94 valence electrons. The summed E-state index contributed by atoms with van der Waals surface area (Å²) >= 11 is 0. The van der Waals surface area contributed by atoms with Gasteiger partial charge in [0.2, 0.25) is 17.5 Å². The van der Waals surface area contributed by atoms with Crippen LogP contribution in [-0.2, 0) is 5.54 Å². The second-order valence-electron chi connectivity index (χ2n) is 4.46. The van der Waals surface area contributed by atoms with Gasteiger partial charge in [0, 0.05) is 12.4 Å². The van der Waals surface area contributed by atoms with Crippen LogP contribution in [0.4, 0.5) is 0 Å². The van der Waals surface area contributed by atoms with E-state index in [1.165, 1.54) is 0 Å². The number of aromatic nitrogens is 4. The van der Waals surface area contributed by atoms with Gasteiger partial charge in [0.15, 0.2) is 0 Å². The maximum atomic E-state index is 5.39. The molecular formula is C12H15N5O. The molecule has 2 aromatic heterocycles. The standard InChI is InChI=1S/C12H15N5O/c1-2-12(5-3-8-15-12)11-16-10(17-18-11)9-13-6-4-7-14-9/h4,6-7,15H,2-3,5,8H2,1H3. The van der Waals surface area contributed by atoms with Crippen molar-refractivity contribution in [1.29, 1.82) is 0 Å². The van der Waals surface area contributed by atoms with Crippen molar-refractivity contribution in [2.75, 3.05) is 6.54 Å². The lowest BCUT2D eigenvalue weighted by molar-refractivity contribution is 0.250. The van der Waals surface area contributed by atoms with Crippen molar-refractivity contribution in [3.05, 3.63) is 24.4 Å². The number of hydrogen-bond donors (Lipinski definition) is 1. The molecule has 18 heavy (non-hydrogen) atoms. The molecule has 1 saturated heterocycles. The summed E-state index contributed by atoms with van der Waals surface area (Å²) in [7, 11) is 0. The van der Waals surface area contributed by atoms with Crippen LogP contribution >= 0.6 is 0 Å². The smallest absolute Gasteiger partial charge is 0.247 e. The van der Waals surface area contributed by atoms with E-state index < -0.39 is 0 Å². The lowest BCUT2D eigenvalue weighted by atomic mass is 9.94. The Morgan fingerprint density at radius 1 is 1.33 bits per heavy atom. The maximum Gasteiger partial charge on any atom is 0.247 e. The van der Waals surface area contributed by atoms with E-state index in [0.29, 0.717) is 17.5 Å².